The van der Waals surface area contributed by atoms with E-state index >= 15 is 0 Å². The maximum atomic E-state index is 12.2. The number of carbonyl (C=O) groups is 2. The lowest BCUT2D eigenvalue weighted by Crippen LogP contribution is -2.13. The lowest BCUT2D eigenvalue weighted by molar-refractivity contribution is 0.0445. The Balaban J connectivity index is 0.855. The Morgan fingerprint density at radius 2 is 0.617 bits per heavy atom. The molecule has 0 fully saturated rings. The molecule has 6 rings (SSSR count). The van der Waals surface area contributed by atoms with E-state index in [0.717, 1.165) is 33.4 Å². The average Bonchev–Trinajstić information content (AvgIpc) is 3.29. The van der Waals surface area contributed by atoms with Gasteiger partial charge in [0.2, 0.25) is 0 Å². The van der Waals surface area contributed by atoms with Crippen molar-refractivity contribution >= 4 is 12.3 Å². The summed E-state index contributed by atoms with van der Waals surface area (Å²) in [5, 5.41) is 0. The first-order valence-corrected chi connectivity index (χ1v) is 20.1. The molecule has 310 valence electrons. The minimum atomic E-state index is -0.761. The predicted molar refractivity (Wildman–Crippen MR) is 227 cm³/mol. The van der Waals surface area contributed by atoms with E-state index in [9.17, 15) is 9.59 Å². The molecule has 6 aromatic carbocycles. The Morgan fingerprint density at radius 1 is 0.317 bits per heavy atom. The monoisotopic (exact) mass is 810 g/mol. The molecular formula is C50H50O10. The third-order valence-corrected chi connectivity index (χ3v) is 9.16. The molecule has 0 aliphatic rings. The molecule has 0 aromatic heterocycles. The second-order valence-corrected chi connectivity index (χ2v) is 13.8. The van der Waals surface area contributed by atoms with Gasteiger partial charge in [0.25, 0.3) is 0 Å². The lowest BCUT2D eigenvalue weighted by atomic mass is 10.1. The molecule has 0 N–H and O–H groups in total. The fourth-order valence-electron chi connectivity index (χ4n) is 5.92. The maximum Gasteiger partial charge on any atom is 0.508 e. The summed E-state index contributed by atoms with van der Waals surface area (Å²) in [6, 6.07) is 51.1. The fraction of sp³-hybridized carbons (Fsp3) is 0.240. The van der Waals surface area contributed by atoms with Crippen LogP contribution >= 0.6 is 0 Å². The zero-order valence-electron chi connectivity index (χ0n) is 33.6. The third-order valence-electron chi connectivity index (χ3n) is 9.16. The summed E-state index contributed by atoms with van der Waals surface area (Å²) >= 11 is 0. The van der Waals surface area contributed by atoms with E-state index < -0.39 is 12.3 Å². The molecule has 0 atom stereocenters. The van der Waals surface area contributed by atoms with E-state index in [0.29, 0.717) is 75.1 Å². The van der Waals surface area contributed by atoms with Gasteiger partial charge in [0, 0.05) is 12.8 Å². The summed E-state index contributed by atoms with van der Waals surface area (Å²) in [5.41, 5.74) is 6.01. The summed E-state index contributed by atoms with van der Waals surface area (Å²) in [6.45, 7) is 2.09. The summed E-state index contributed by atoms with van der Waals surface area (Å²) in [7, 11) is 0. The molecule has 60 heavy (non-hydrogen) atoms. The topological polar surface area (TPSA) is 108 Å². The van der Waals surface area contributed by atoms with E-state index in [-0.39, 0.29) is 26.4 Å². The summed E-state index contributed by atoms with van der Waals surface area (Å²) in [5.74, 6) is 2.47. The predicted octanol–water partition coefficient (Wildman–Crippen LogP) is 10.9. The Bertz CT molecular complexity index is 2010. The minimum Gasteiger partial charge on any atom is -0.485 e. The van der Waals surface area contributed by atoms with Gasteiger partial charge in [-0.05, 0) is 70.5 Å². The molecule has 6 aromatic rings. The molecule has 0 radical (unpaired) electrons. The van der Waals surface area contributed by atoms with E-state index in [4.69, 9.17) is 37.9 Å². The number of hydrogen-bond donors (Lipinski definition) is 0. The molecule has 0 saturated heterocycles. The van der Waals surface area contributed by atoms with Crippen LogP contribution in [0.3, 0.4) is 0 Å². The van der Waals surface area contributed by atoms with Crippen LogP contribution in [-0.2, 0) is 58.2 Å². The van der Waals surface area contributed by atoms with Crippen molar-refractivity contribution in [2.45, 2.75) is 52.1 Å². The quantitative estimate of drug-likeness (QED) is 0.0458. The molecule has 0 unspecified atom stereocenters. The fourth-order valence-corrected chi connectivity index (χ4v) is 5.92. The highest BCUT2D eigenvalue weighted by atomic mass is 16.7. The molecule has 10 nitrogen and oxygen atoms in total. The summed E-state index contributed by atoms with van der Waals surface area (Å²) < 4.78 is 45.5. The second kappa shape index (κ2) is 24.1. The Kier molecular flexibility index (Phi) is 17.1. The molecular weight excluding hydrogens is 761 g/mol. The van der Waals surface area contributed by atoms with Crippen LogP contribution in [0.5, 0.6) is 23.0 Å². The van der Waals surface area contributed by atoms with Crippen LogP contribution < -0.4 is 18.9 Å². The van der Waals surface area contributed by atoms with Crippen molar-refractivity contribution in [2.24, 2.45) is 0 Å². The zero-order chi connectivity index (χ0) is 41.5. The highest BCUT2D eigenvalue weighted by molar-refractivity contribution is 5.60. The van der Waals surface area contributed by atoms with E-state index in [1.807, 2.05) is 158 Å². The van der Waals surface area contributed by atoms with Gasteiger partial charge >= 0.3 is 12.3 Å². The van der Waals surface area contributed by atoms with Crippen molar-refractivity contribution in [3.63, 3.8) is 0 Å². The Labute approximate surface area is 351 Å². The smallest absolute Gasteiger partial charge is 0.485 e. The van der Waals surface area contributed by atoms with Crippen LogP contribution in [0.1, 0.15) is 46.2 Å². The van der Waals surface area contributed by atoms with Crippen molar-refractivity contribution in [2.75, 3.05) is 26.4 Å². The third kappa shape index (κ3) is 15.1. The highest BCUT2D eigenvalue weighted by Gasteiger charge is 2.12. The van der Waals surface area contributed by atoms with Gasteiger partial charge in [-0.25, -0.2) is 9.59 Å². The number of benzene rings is 6. The van der Waals surface area contributed by atoms with E-state index in [1.165, 1.54) is 0 Å². The number of unbranched alkanes of at least 4 members (excludes halogenated alkanes) is 1. The first-order chi connectivity index (χ1) is 29.6. The van der Waals surface area contributed by atoms with Crippen molar-refractivity contribution in [3.8, 4) is 23.0 Å². The molecule has 0 saturated carbocycles. The van der Waals surface area contributed by atoms with Crippen LogP contribution in [0.15, 0.2) is 158 Å². The van der Waals surface area contributed by atoms with Gasteiger partial charge in [-0.15, -0.1) is 0 Å². The second-order valence-electron chi connectivity index (χ2n) is 13.8. The molecule has 0 aliphatic carbocycles. The van der Waals surface area contributed by atoms with Crippen LogP contribution in [0.25, 0.3) is 0 Å². The SMILES string of the molecule is O=C(OCCCCOC(=O)OCCc1ccc(OCc2ccccc2)c(OCc2ccccc2)c1)OCCc1ccc(OCc2ccccc2)c(OCc2ccccc2)c1. The number of hydrogen-bond acceptors (Lipinski definition) is 10. The van der Waals surface area contributed by atoms with Gasteiger partial charge in [-0.2, -0.15) is 0 Å². The molecule has 0 bridgehead atoms. The van der Waals surface area contributed by atoms with Crippen molar-refractivity contribution in [1.82, 2.24) is 0 Å². The molecule has 0 spiro atoms. The van der Waals surface area contributed by atoms with Crippen molar-refractivity contribution in [1.29, 1.82) is 0 Å². The highest BCUT2D eigenvalue weighted by Crippen LogP contribution is 2.32. The largest absolute Gasteiger partial charge is 0.508 e. The number of ether oxygens (including phenoxy) is 8. The van der Waals surface area contributed by atoms with Gasteiger partial charge in [0.15, 0.2) is 23.0 Å². The van der Waals surface area contributed by atoms with Crippen molar-refractivity contribution in [3.05, 3.63) is 191 Å². The van der Waals surface area contributed by atoms with Crippen LogP contribution in [-0.4, -0.2) is 38.7 Å². The van der Waals surface area contributed by atoms with E-state index in [1.54, 1.807) is 0 Å². The van der Waals surface area contributed by atoms with E-state index in [2.05, 4.69) is 0 Å². The summed E-state index contributed by atoms with van der Waals surface area (Å²) in [6.07, 6.45) is 0.372. The first kappa shape index (κ1) is 42.7. The van der Waals surface area contributed by atoms with Crippen LogP contribution in [0.4, 0.5) is 9.59 Å². The zero-order valence-corrected chi connectivity index (χ0v) is 33.6. The van der Waals surface area contributed by atoms with Crippen LogP contribution in [0, 0.1) is 0 Å². The van der Waals surface area contributed by atoms with Gasteiger partial charge in [0.1, 0.15) is 26.4 Å². The van der Waals surface area contributed by atoms with Gasteiger partial charge in [0.05, 0.1) is 26.4 Å². The number of carbonyl (C=O) groups excluding carboxylic acids is 2. The minimum absolute atomic E-state index is 0.127. The van der Waals surface area contributed by atoms with Gasteiger partial charge in [-0.1, -0.05) is 133 Å². The Hall–Kier alpha value is -6.94. The molecule has 0 amide bonds. The number of rotatable bonds is 23. The molecule has 0 aliphatic heterocycles. The van der Waals surface area contributed by atoms with Crippen LogP contribution in [0.2, 0.25) is 0 Å². The molecule has 0 heterocycles. The summed E-state index contributed by atoms with van der Waals surface area (Å²) in [4.78, 5) is 24.5. The van der Waals surface area contributed by atoms with Gasteiger partial charge in [-0.3, -0.25) is 0 Å². The van der Waals surface area contributed by atoms with Crippen molar-refractivity contribution < 1.29 is 47.5 Å². The standard InChI is InChI=1S/C50H50O10/c51-49(55-31-27-39-23-25-45(57-35-41-15-5-1-6-16-41)47(33-39)59-37-43-19-9-3-10-20-43)53-29-13-14-30-54-50(52)56-32-28-40-24-26-46(58-36-42-17-7-2-8-18-42)48(34-40)60-38-44-21-11-4-12-22-44/h1-12,15-26,33-34H,13-14,27-32,35-38H2. The average molecular weight is 811 g/mol. The molecule has 10 heteroatoms. The van der Waals surface area contributed by atoms with Gasteiger partial charge < -0.3 is 37.9 Å². The first-order valence-electron chi connectivity index (χ1n) is 20.1. The normalized spacial score (nSPS) is 10.6. The Morgan fingerprint density at radius 3 is 0.950 bits per heavy atom. The maximum absolute atomic E-state index is 12.2. The lowest BCUT2D eigenvalue weighted by Gasteiger charge is -2.15.